The monoisotopic (exact) mass is 895 g/mol. The van der Waals surface area contributed by atoms with Crippen molar-refractivity contribution in [3.05, 3.63) is 161 Å². The molecule has 2 aliphatic rings. The maximum atomic E-state index is 6.10. The molecule has 3 nitrogen and oxygen atoms in total. The van der Waals surface area contributed by atoms with Crippen molar-refractivity contribution in [2.75, 3.05) is 0 Å². The first-order chi connectivity index (χ1) is 27.0. The van der Waals surface area contributed by atoms with Crippen molar-refractivity contribution in [2.45, 2.75) is 33.1 Å². The van der Waals surface area contributed by atoms with Gasteiger partial charge in [0.2, 0.25) is 0 Å². The first-order valence-corrected chi connectivity index (χ1v) is 18.1. The minimum atomic E-state index is -0.622. The number of hydrogen-bond acceptors (Lipinski definition) is 3. The molecule has 0 saturated carbocycles. The van der Waals surface area contributed by atoms with Crippen molar-refractivity contribution in [3.63, 3.8) is 0 Å². The Morgan fingerprint density at radius 2 is 1.21 bits per heavy atom. The van der Waals surface area contributed by atoms with Gasteiger partial charge in [-0.2, -0.15) is 0 Å². The minimum Gasteiger partial charge on any atom is -0.403 e. The van der Waals surface area contributed by atoms with E-state index in [0.29, 0.717) is 11.5 Å². The van der Waals surface area contributed by atoms with Crippen LogP contribution in [0.4, 0.5) is 0 Å². The molecule has 2 aliphatic carbocycles. The van der Waals surface area contributed by atoms with Gasteiger partial charge in [-0.25, -0.2) is 0 Å². The maximum absolute atomic E-state index is 6.10. The van der Waals surface area contributed by atoms with Gasteiger partial charge in [0, 0.05) is 38.1 Å². The van der Waals surface area contributed by atoms with Crippen molar-refractivity contribution < 1.29 is 29.6 Å². The zero-order valence-corrected chi connectivity index (χ0v) is 33.5. The van der Waals surface area contributed by atoms with Gasteiger partial charge in [0.25, 0.3) is 0 Å². The number of pyridine rings is 1. The van der Waals surface area contributed by atoms with Crippen LogP contribution in [-0.4, -0.2) is 4.98 Å². The fourth-order valence-electron chi connectivity index (χ4n) is 8.25. The predicted molar refractivity (Wildman–Crippen MR) is 221 cm³/mol. The van der Waals surface area contributed by atoms with Crippen LogP contribution in [0.2, 0.25) is 0 Å². The average molecular weight is 895 g/mol. The van der Waals surface area contributed by atoms with E-state index in [1.165, 1.54) is 38.9 Å². The molecule has 0 amide bonds. The summed E-state index contributed by atoms with van der Waals surface area (Å²) in [4.78, 5) is 4.79. The second-order valence-electron chi connectivity index (χ2n) is 13.7. The normalized spacial score (nSPS) is 13.4. The number of rotatable bonds is 4. The van der Waals surface area contributed by atoms with Crippen LogP contribution in [0.5, 0.6) is 11.5 Å². The molecule has 0 N–H and O–H groups in total. The van der Waals surface area contributed by atoms with Crippen LogP contribution in [0, 0.1) is 67.6 Å². The molecule has 9 rings (SSSR count). The minimum absolute atomic E-state index is 0. The number of nitrogens with zero attached hydrogens (tertiary/aromatic N) is 1. The van der Waals surface area contributed by atoms with Crippen LogP contribution < -0.4 is 9.47 Å². The van der Waals surface area contributed by atoms with Gasteiger partial charge in [0.1, 0.15) is 12.2 Å². The van der Waals surface area contributed by atoms with Gasteiger partial charge in [-0.15, -0.1) is 35.4 Å². The van der Waals surface area contributed by atoms with Crippen molar-refractivity contribution in [2.24, 2.45) is 0 Å². The molecule has 1 spiro atoms. The summed E-state index contributed by atoms with van der Waals surface area (Å²) >= 11 is 0. The molecule has 1 radical (unpaired) electrons. The molecule has 56 heavy (non-hydrogen) atoms. The van der Waals surface area contributed by atoms with Crippen molar-refractivity contribution in [1.29, 1.82) is 0 Å². The number of fused-ring (bicyclic) bond motifs is 11. The van der Waals surface area contributed by atoms with Gasteiger partial charge < -0.3 is 14.5 Å². The maximum Gasteiger partial charge on any atom is 0.184 e. The summed E-state index contributed by atoms with van der Waals surface area (Å²) in [5, 5.41) is 2.26. The van der Waals surface area contributed by atoms with Gasteiger partial charge in [0.15, 0.2) is 11.5 Å². The topological polar surface area (TPSA) is 31.4 Å². The van der Waals surface area contributed by atoms with Crippen molar-refractivity contribution in [1.82, 2.24) is 4.98 Å². The zero-order valence-electron chi connectivity index (χ0n) is 31.1. The Labute approximate surface area is 341 Å². The predicted octanol–water partition coefficient (Wildman–Crippen LogP) is 11.1. The quantitative estimate of drug-likeness (QED) is 0.130. The van der Waals surface area contributed by atoms with E-state index in [-0.39, 0.29) is 20.1 Å². The second kappa shape index (κ2) is 14.8. The van der Waals surface area contributed by atoms with Gasteiger partial charge in [-0.3, -0.25) is 0 Å². The fraction of sp³-hybridized carbons (Fsp3) is 0.0962. The number of ether oxygens (including phenoxy) is 2. The SMILES string of the molecule is CC#CC#COc1cc2c(cc1OC#CC#CC)C1(c3ccccc3-c3cc(-c4cc[c-]c(-c5nccc6ccccc56)c4)ccc31)c1cc(C)c(C)cc1-2.[Ir]. The first-order valence-electron chi connectivity index (χ1n) is 18.1. The molecule has 1 heterocycles. The smallest absolute Gasteiger partial charge is 0.184 e. The van der Waals surface area contributed by atoms with Crippen LogP contribution in [-0.2, 0) is 25.5 Å². The van der Waals surface area contributed by atoms with E-state index in [0.717, 1.165) is 49.8 Å². The van der Waals surface area contributed by atoms with Crippen LogP contribution >= 0.6 is 0 Å². The summed E-state index contributed by atoms with van der Waals surface area (Å²) in [6.45, 7) is 7.83. The molecule has 1 unspecified atom stereocenters. The summed E-state index contributed by atoms with van der Waals surface area (Å²) in [6.07, 6.45) is 7.36. The standard InChI is InChI=1S/C52H32NO2.Ir/c1-5-7-13-26-54-49-32-44-42-28-34(3)35(4)29-47(42)52(48(44)33-50(49)55-27-14-8-6-2)45-21-12-11-20-41(45)43-31-38(22-23-46(43)52)37-17-15-18-39(30-37)51-40-19-10-9-16-36(40)24-25-53-51;/h9-12,15-17,19-25,28-33H,1-4H3;/q-1;. The van der Waals surface area contributed by atoms with E-state index in [1.807, 2.05) is 24.4 Å². The average Bonchev–Trinajstić information content (AvgIpc) is 3.66. The molecule has 267 valence electrons. The van der Waals surface area contributed by atoms with Crippen LogP contribution in [0.15, 0.2) is 121 Å². The number of hydrogen-bond donors (Lipinski definition) is 0. The molecule has 0 bridgehead atoms. The summed E-state index contributed by atoms with van der Waals surface area (Å²) in [5.41, 5.74) is 15.2. The Hall–Kier alpha value is -6.78. The van der Waals surface area contributed by atoms with Crippen molar-refractivity contribution in [3.8, 4) is 104 Å². The number of aryl methyl sites for hydroxylation is 2. The Morgan fingerprint density at radius 1 is 0.571 bits per heavy atom. The summed E-state index contributed by atoms with van der Waals surface area (Å²) < 4.78 is 12.1. The van der Waals surface area contributed by atoms with E-state index in [9.17, 15) is 0 Å². The largest absolute Gasteiger partial charge is 0.403 e. The van der Waals surface area contributed by atoms with Gasteiger partial charge in [-0.05, 0) is 141 Å². The Kier molecular flexibility index (Phi) is 9.57. The van der Waals surface area contributed by atoms with Gasteiger partial charge in [-0.1, -0.05) is 84.6 Å². The Balaban J connectivity index is 0.00000441. The van der Waals surface area contributed by atoms with Gasteiger partial charge >= 0.3 is 0 Å². The van der Waals surface area contributed by atoms with Crippen molar-refractivity contribution >= 4 is 10.8 Å². The third-order valence-electron chi connectivity index (χ3n) is 10.7. The summed E-state index contributed by atoms with van der Waals surface area (Å²) in [5.74, 6) is 17.5. The fourth-order valence-corrected chi connectivity index (χ4v) is 8.25. The molecule has 7 aromatic rings. The second-order valence-corrected chi connectivity index (χ2v) is 13.7. The van der Waals surface area contributed by atoms with E-state index in [2.05, 4.69) is 165 Å². The summed E-state index contributed by atoms with van der Waals surface area (Å²) in [7, 11) is 0. The third-order valence-corrected chi connectivity index (χ3v) is 10.7. The van der Waals surface area contributed by atoms with E-state index < -0.39 is 5.41 Å². The molecule has 6 aromatic carbocycles. The van der Waals surface area contributed by atoms with Gasteiger partial charge in [0.05, 0.1) is 5.41 Å². The molecule has 0 saturated heterocycles. The van der Waals surface area contributed by atoms with E-state index in [4.69, 9.17) is 14.5 Å². The Bertz CT molecular complexity index is 3020. The molecule has 1 aromatic heterocycles. The van der Waals surface area contributed by atoms with E-state index >= 15 is 0 Å². The number of benzene rings is 6. The number of aromatic nitrogens is 1. The molecule has 1 atom stereocenters. The molecule has 0 aliphatic heterocycles. The molecular formula is C52H32IrNO2-. The Morgan fingerprint density at radius 3 is 2.02 bits per heavy atom. The van der Waals surface area contributed by atoms with Crippen LogP contribution in [0.25, 0.3) is 55.4 Å². The zero-order chi connectivity index (χ0) is 37.5. The molecular weight excluding hydrogens is 863 g/mol. The van der Waals surface area contributed by atoms with Crippen LogP contribution in [0.3, 0.4) is 0 Å². The molecule has 4 heteroatoms. The first kappa shape index (κ1) is 36.2. The van der Waals surface area contributed by atoms with Crippen LogP contribution in [0.1, 0.15) is 47.2 Å². The molecule has 0 fully saturated rings. The third kappa shape index (κ3) is 5.77. The summed E-state index contributed by atoms with van der Waals surface area (Å²) in [6, 6.07) is 44.6. The van der Waals surface area contributed by atoms with E-state index in [1.54, 1.807) is 13.8 Å².